The Hall–Kier alpha value is -1.36. The van der Waals surface area contributed by atoms with Gasteiger partial charge in [-0.1, -0.05) is 11.8 Å². The molecule has 19 heavy (non-hydrogen) atoms. The zero-order valence-corrected chi connectivity index (χ0v) is 12.0. The molecule has 1 aliphatic heterocycles. The van der Waals surface area contributed by atoms with Crippen molar-refractivity contribution in [3.8, 4) is 11.5 Å². The topological polar surface area (TPSA) is 42.8 Å². The first-order valence-corrected chi connectivity index (χ1v) is 7.38. The van der Waals surface area contributed by atoms with Gasteiger partial charge >= 0.3 is 0 Å². The summed E-state index contributed by atoms with van der Waals surface area (Å²) in [6, 6.07) is 5.82. The summed E-state index contributed by atoms with van der Waals surface area (Å²) >= 11 is 1.87. The van der Waals surface area contributed by atoms with Gasteiger partial charge in [-0.15, -0.1) is 0 Å². The van der Waals surface area contributed by atoms with Crippen molar-refractivity contribution < 1.29 is 9.47 Å². The highest BCUT2D eigenvalue weighted by molar-refractivity contribution is 8.15. The van der Waals surface area contributed by atoms with Crippen LogP contribution in [0.5, 0.6) is 11.5 Å². The monoisotopic (exact) mass is 278 g/mol. The molecule has 1 aromatic carbocycles. The van der Waals surface area contributed by atoms with Crippen LogP contribution in [0.2, 0.25) is 0 Å². The Labute approximate surface area is 117 Å². The lowest BCUT2D eigenvalue weighted by Crippen LogP contribution is -2.09. The maximum atomic E-state index is 5.30. The van der Waals surface area contributed by atoms with E-state index in [1.165, 1.54) is 12.8 Å². The predicted molar refractivity (Wildman–Crippen MR) is 79.6 cm³/mol. The van der Waals surface area contributed by atoms with E-state index < -0.39 is 0 Å². The second kappa shape index (κ2) is 5.33. The van der Waals surface area contributed by atoms with Crippen molar-refractivity contribution in [2.24, 2.45) is 10.9 Å². The highest BCUT2D eigenvalue weighted by atomic mass is 32.2. The van der Waals surface area contributed by atoms with Crippen LogP contribution in [0.3, 0.4) is 0 Å². The fourth-order valence-electron chi connectivity index (χ4n) is 2.21. The van der Waals surface area contributed by atoms with Crippen molar-refractivity contribution in [3.63, 3.8) is 0 Å². The molecule has 1 N–H and O–H groups in total. The Morgan fingerprint density at radius 2 is 2.00 bits per heavy atom. The van der Waals surface area contributed by atoms with Crippen molar-refractivity contribution in [1.29, 1.82) is 0 Å². The zero-order valence-electron chi connectivity index (χ0n) is 11.2. The quantitative estimate of drug-likeness (QED) is 0.919. The number of hydrogen-bond donors (Lipinski definition) is 1. The van der Waals surface area contributed by atoms with Crippen molar-refractivity contribution >= 4 is 22.6 Å². The fourth-order valence-corrected chi connectivity index (χ4v) is 3.44. The summed E-state index contributed by atoms with van der Waals surface area (Å²) in [5, 5.41) is 5.06. The molecule has 1 fully saturated rings. The van der Waals surface area contributed by atoms with Gasteiger partial charge in [-0.05, 0) is 30.9 Å². The molecule has 0 amide bonds. The molecule has 3 rings (SSSR count). The summed E-state index contributed by atoms with van der Waals surface area (Å²) in [4.78, 5) is 4.57. The normalized spacial score (nSPS) is 22.0. The fraction of sp³-hybridized carbons (Fsp3) is 0.500. The molecule has 1 heterocycles. The Morgan fingerprint density at radius 1 is 1.21 bits per heavy atom. The largest absolute Gasteiger partial charge is 0.493 e. The van der Waals surface area contributed by atoms with Gasteiger partial charge in [-0.25, -0.2) is 0 Å². The van der Waals surface area contributed by atoms with Crippen LogP contribution < -0.4 is 14.8 Å². The highest BCUT2D eigenvalue weighted by Crippen LogP contribution is 2.42. The van der Waals surface area contributed by atoms with Crippen LogP contribution in [0.4, 0.5) is 5.69 Å². The van der Waals surface area contributed by atoms with E-state index in [9.17, 15) is 0 Å². The van der Waals surface area contributed by atoms with Crippen LogP contribution >= 0.6 is 11.8 Å². The van der Waals surface area contributed by atoms with Gasteiger partial charge in [0.25, 0.3) is 0 Å². The molecule has 0 radical (unpaired) electrons. The van der Waals surface area contributed by atoms with Gasteiger partial charge in [0.05, 0.1) is 20.8 Å². The number of thioether (sulfide) groups is 1. The number of rotatable bonds is 4. The lowest BCUT2D eigenvalue weighted by atomic mass is 10.3. The van der Waals surface area contributed by atoms with Crippen molar-refractivity contribution in [1.82, 2.24) is 0 Å². The van der Waals surface area contributed by atoms with E-state index in [2.05, 4.69) is 10.3 Å². The van der Waals surface area contributed by atoms with E-state index in [0.717, 1.165) is 34.8 Å². The minimum atomic E-state index is 0.683. The summed E-state index contributed by atoms with van der Waals surface area (Å²) in [7, 11) is 3.29. The number of aliphatic imine (C=N–C) groups is 1. The molecule has 0 spiro atoms. The predicted octanol–water partition coefficient (Wildman–Crippen LogP) is 3.00. The maximum absolute atomic E-state index is 5.30. The highest BCUT2D eigenvalue weighted by Gasteiger charge is 2.35. The number of methoxy groups -OCH3 is 2. The van der Waals surface area contributed by atoms with Gasteiger partial charge in [0.2, 0.25) is 0 Å². The third-order valence-corrected chi connectivity index (χ3v) is 4.75. The maximum Gasteiger partial charge on any atom is 0.162 e. The Kier molecular flexibility index (Phi) is 3.55. The summed E-state index contributed by atoms with van der Waals surface area (Å²) in [6.07, 6.45) is 2.74. The van der Waals surface area contributed by atoms with Gasteiger partial charge in [0.1, 0.15) is 0 Å². The molecular weight excluding hydrogens is 260 g/mol. The van der Waals surface area contributed by atoms with E-state index in [0.29, 0.717) is 5.25 Å². The second-order valence-corrected chi connectivity index (χ2v) is 6.06. The molecular formula is C14H18N2O2S. The van der Waals surface area contributed by atoms with Crippen LogP contribution in [-0.2, 0) is 0 Å². The first-order chi connectivity index (χ1) is 9.30. The molecule has 2 aliphatic rings. The molecule has 1 aromatic rings. The summed E-state index contributed by atoms with van der Waals surface area (Å²) in [5.74, 6) is 2.36. The molecule has 4 nitrogen and oxygen atoms in total. The third-order valence-electron chi connectivity index (χ3n) is 3.46. The van der Waals surface area contributed by atoms with E-state index in [1.807, 2.05) is 30.0 Å². The van der Waals surface area contributed by atoms with Crippen molar-refractivity contribution in [2.45, 2.75) is 18.1 Å². The number of anilines is 1. The average Bonchev–Trinajstić information content (AvgIpc) is 3.19. The van der Waals surface area contributed by atoms with Crippen LogP contribution in [0, 0.1) is 5.92 Å². The first-order valence-electron chi connectivity index (χ1n) is 6.50. The Balaban J connectivity index is 1.66. The minimum Gasteiger partial charge on any atom is -0.493 e. The summed E-state index contributed by atoms with van der Waals surface area (Å²) in [6.45, 7) is 0.949. The summed E-state index contributed by atoms with van der Waals surface area (Å²) in [5.41, 5.74) is 0.986. The smallest absolute Gasteiger partial charge is 0.162 e. The molecule has 1 aliphatic carbocycles. The molecule has 0 bridgehead atoms. The number of nitrogens with one attached hydrogen (secondary N) is 1. The number of benzene rings is 1. The lowest BCUT2D eigenvalue weighted by molar-refractivity contribution is 0.355. The molecule has 1 unspecified atom stereocenters. The van der Waals surface area contributed by atoms with Gasteiger partial charge in [0, 0.05) is 17.0 Å². The van der Waals surface area contributed by atoms with Crippen molar-refractivity contribution in [3.05, 3.63) is 18.2 Å². The standard InChI is InChI=1S/C14H18N2O2S/c1-17-11-6-5-10(7-12(11)18-2)16-14-15-8-13(19-14)9-3-4-9/h5-7,9,13H,3-4,8H2,1-2H3,(H,15,16). The SMILES string of the molecule is COc1ccc(NC2=NCC(C3CC3)S2)cc1OC. The van der Waals surface area contributed by atoms with Crippen LogP contribution in [0.1, 0.15) is 12.8 Å². The molecule has 1 atom stereocenters. The van der Waals surface area contributed by atoms with Crippen LogP contribution in [0.25, 0.3) is 0 Å². The Morgan fingerprint density at radius 3 is 2.68 bits per heavy atom. The van der Waals surface area contributed by atoms with Gasteiger partial charge in [-0.2, -0.15) is 0 Å². The molecule has 1 saturated carbocycles. The Bertz CT molecular complexity index is 500. The van der Waals surface area contributed by atoms with Gasteiger partial charge in [-0.3, -0.25) is 4.99 Å². The number of ether oxygens (including phenoxy) is 2. The number of hydrogen-bond acceptors (Lipinski definition) is 5. The van der Waals surface area contributed by atoms with Crippen molar-refractivity contribution in [2.75, 3.05) is 26.1 Å². The van der Waals surface area contributed by atoms with Crippen LogP contribution in [-0.4, -0.2) is 31.2 Å². The summed E-state index contributed by atoms with van der Waals surface area (Å²) < 4.78 is 10.5. The van der Waals surface area contributed by atoms with E-state index >= 15 is 0 Å². The second-order valence-electron chi connectivity index (χ2n) is 4.83. The van der Waals surface area contributed by atoms with E-state index in [-0.39, 0.29) is 0 Å². The number of amidine groups is 1. The number of nitrogens with zero attached hydrogens (tertiary/aromatic N) is 1. The molecule has 0 saturated heterocycles. The molecule has 102 valence electrons. The van der Waals surface area contributed by atoms with Gasteiger partial charge in [0.15, 0.2) is 16.7 Å². The van der Waals surface area contributed by atoms with Gasteiger partial charge < -0.3 is 14.8 Å². The van der Waals surface area contributed by atoms with E-state index in [4.69, 9.17) is 9.47 Å². The third kappa shape index (κ3) is 2.81. The van der Waals surface area contributed by atoms with Crippen LogP contribution in [0.15, 0.2) is 23.2 Å². The lowest BCUT2D eigenvalue weighted by Gasteiger charge is -2.11. The first kappa shape index (κ1) is 12.7. The zero-order chi connectivity index (χ0) is 13.2. The average molecular weight is 278 g/mol. The molecule has 5 heteroatoms. The van der Waals surface area contributed by atoms with E-state index in [1.54, 1.807) is 14.2 Å². The molecule has 0 aromatic heterocycles. The minimum absolute atomic E-state index is 0.683.